The lowest BCUT2D eigenvalue weighted by atomic mass is 9.71. The van der Waals surface area contributed by atoms with Gasteiger partial charge >= 0.3 is 0 Å². The van der Waals surface area contributed by atoms with Crippen molar-refractivity contribution >= 4 is 22.0 Å². The van der Waals surface area contributed by atoms with Crippen LogP contribution >= 0.6 is 15.9 Å². The van der Waals surface area contributed by atoms with Gasteiger partial charge < -0.3 is 0 Å². The maximum atomic E-state index is 14.2. The normalized spacial score (nSPS) is 17.2. The van der Waals surface area contributed by atoms with Crippen LogP contribution in [0.1, 0.15) is 50.2 Å². The Morgan fingerprint density at radius 1 is 1.44 bits per heavy atom. The molecule has 18 heavy (non-hydrogen) atoms. The summed E-state index contributed by atoms with van der Waals surface area (Å²) in [5.74, 6) is -0.00362. The van der Waals surface area contributed by atoms with E-state index >= 15 is 0 Å². The third-order valence-corrected chi connectivity index (χ3v) is 4.24. The molecule has 0 atom stereocenters. The van der Waals surface area contributed by atoms with Gasteiger partial charge in [-0.05, 0) is 52.7 Å². The van der Waals surface area contributed by atoms with Crippen molar-refractivity contribution in [3.8, 4) is 0 Å². The summed E-state index contributed by atoms with van der Waals surface area (Å²) in [6.45, 7) is 4.11. The number of rotatable bonds is 3. The summed E-state index contributed by atoms with van der Waals surface area (Å²) >= 11 is 3.25. The van der Waals surface area contributed by atoms with E-state index in [4.69, 9.17) is 0 Å². The van der Waals surface area contributed by atoms with Gasteiger partial charge in [0.15, 0.2) is 0 Å². The van der Waals surface area contributed by atoms with E-state index in [1.54, 1.807) is 12.1 Å². The average molecular weight is 312 g/mol. The van der Waals surface area contributed by atoms with Gasteiger partial charge in [-0.1, -0.05) is 19.9 Å². The zero-order chi connectivity index (χ0) is 13.3. The Labute approximate surface area is 114 Å². The third kappa shape index (κ3) is 2.15. The molecule has 0 aromatic heterocycles. The standard InChI is InChI=1S/C14H15BrFNO/c1-9(2)10-6-11(13(16)12(15)7-10)14(17-8-18)4-3-5-14/h6-7,9H,3-5H2,1-2H3. The molecule has 1 aromatic carbocycles. The molecule has 0 unspecified atom stereocenters. The molecule has 2 rings (SSSR count). The lowest BCUT2D eigenvalue weighted by Crippen LogP contribution is -2.33. The highest BCUT2D eigenvalue weighted by Gasteiger charge is 2.41. The molecule has 4 heteroatoms. The van der Waals surface area contributed by atoms with E-state index in [1.807, 2.05) is 6.07 Å². The number of hydrogen-bond acceptors (Lipinski definition) is 2. The maximum Gasteiger partial charge on any atom is 0.235 e. The summed E-state index contributed by atoms with van der Waals surface area (Å²) in [6, 6.07) is 3.63. The highest BCUT2D eigenvalue weighted by molar-refractivity contribution is 9.10. The first-order valence-electron chi connectivity index (χ1n) is 6.08. The van der Waals surface area contributed by atoms with E-state index < -0.39 is 5.54 Å². The van der Waals surface area contributed by atoms with E-state index in [9.17, 15) is 9.18 Å². The molecule has 0 bridgehead atoms. The molecule has 2 nitrogen and oxygen atoms in total. The topological polar surface area (TPSA) is 29.4 Å². The number of nitrogens with zero attached hydrogens (tertiary/aromatic N) is 1. The van der Waals surface area contributed by atoms with Crippen molar-refractivity contribution in [1.29, 1.82) is 0 Å². The smallest absolute Gasteiger partial charge is 0.211 e. The number of isocyanates is 1. The summed E-state index contributed by atoms with van der Waals surface area (Å²) in [7, 11) is 0. The van der Waals surface area contributed by atoms with Crippen LogP contribution in [0.4, 0.5) is 4.39 Å². The molecule has 0 amide bonds. The molecule has 0 spiro atoms. The van der Waals surface area contributed by atoms with E-state index in [1.165, 1.54) is 0 Å². The van der Waals surface area contributed by atoms with Crippen LogP contribution in [0.15, 0.2) is 21.6 Å². The number of hydrogen-bond donors (Lipinski definition) is 0. The SMILES string of the molecule is CC(C)c1cc(Br)c(F)c(C2(N=C=O)CCC2)c1. The van der Waals surface area contributed by atoms with Crippen LogP contribution in [-0.2, 0) is 10.3 Å². The Hall–Kier alpha value is -0.990. The van der Waals surface area contributed by atoms with E-state index in [-0.39, 0.29) is 5.82 Å². The van der Waals surface area contributed by atoms with Crippen LogP contribution in [0.5, 0.6) is 0 Å². The molecule has 0 aliphatic heterocycles. The molecule has 1 aromatic rings. The quantitative estimate of drug-likeness (QED) is 0.600. The molecule has 0 heterocycles. The van der Waals surface area contributed by atoms with Crippen molar-refractivity contribution < 1.29 is 9.18 Å². The maximum absolute atomic E-state index is 14.2. The van der Waals surface area contributed by atoms with Crippen LogP contribution < -0.4 is 0 Å². The number of aliphatic imine (C=N–C) groups is 1. The Morgan fingerprint density at radius 2 is 2.11 bits per heavy atom. The summed E-state index contributed by atoms with van der Waals surface area (Å²) in [4.78, 5) is 14.4. The van der Waals surface area contributed by atoms with Crippen LogP contribution in [-0.4, -0.2) is 6.08 Å². The predicted octanol–water partition coefficient (Wildman–Crippen LogP) is 4.43. The third-order valence-electron chi connectivity index (χ3n) is 3.66. The number of carbonyl (C=O) groups excluding carboxylic acids is 1. The van der Waals surface area contributed by atoms with E-state index in [0.717, 1.165) is 12.0 Å². The fourth-order valence-corrected chi connectivity index (χ4v) is 2.80. The van der Waals surface area contributed by atoms with Crippen LogP contribution in [0.25, 0.3) is 0 Å². The van der Waals surface area contributed by atoms with Crippen LogP contribution in [0, 0.1) is 5.82 Å². The lowest BCUT2D eigenvalue weighted by Gasteiger charge is -2.37. The van der Waals surface area contributed by atoms with Gasteiger partial charge in [0.05, 0.1) is 4.47 Å². The second kappa shape index (κ2) is 4.94. The fraction of sp³-hybridized carbons (Fsp3) is 0.500. The highest BCUT2D eigenvalue weighted by atomic mass is 79.9. The summed E-state index contributed by atoms with van der Waals surface area (Å²) in [5, 5.41) is 0. The molecule has 96 valence electrons. The highest BCUT2D eigenvalue weighted by Crippen LogP contribution is 2.47. The largest absolute Gasteiger partial charge is 0.235 e. The first-order valence-corrected chi connectivity index (χ1v) is 6.88. The summed E-state index contributed by atoms with van der Waals surface area (Å²) < 4.78 is 14.7. The van der Waals surface area contributed by atoms with Gasteiger partial charge in [0.25, 0.3) is 0 Å². The van der Waals surface area contributed by atoms with Gasteiger partial charge in [0.2, 0.25) is 6.08 Å². The van der Waals surface area contributed by atoms with Crippen molar-refractivity contribution in [2.24, 2.45) is 4.99 Å². The van der Waals surface area contributed by atoms with E-state index in [2.05, 4.69) is 34.8 Å². The van der Waals surface area contributed by atoms with Crippen molar-refractivity contribution in [3.05, 3.63) is 33.5 Å². The second-order valence-corrected chi connectivity index (χ2v) is 5.96. The lowest BCUT2D eigenvalue weighted by molar-refractivity contribution is 0.247. The molecular weight excluding hydrogens is 297 g/mol. The zero-order valence-electron chi connectivity index (χ0n) is 10.5. The fourth-order valence-electron chi connectivity index (χ4n) is 2.32. The van der Waals surface area contributed by atoms with Gasteiger partial charge in [0.1, 0.15) is 11.4 Å². The molecule has 1 aliphatic carbocycles. The van der Waals surface area contributed by atoms with Gasteiger partial charge in [-0.2, -0.15) is 4.99 Å². The van der Waals surface area contributed by atoms with Crippen LogP contribution in [0.2, 0.25) is 0 Å². The van der Waals surface area contributed by atoms with Gasteiger partial charge in [0, 0.05) is 5.56 Å². The Morgan fingerprint density at radius 3 is 2.56 bits per heavy atom. The van der Waals surface area contributed by atoms with Crippen molar-refractivity contribution in [1.82, 2.24) is 0 Å². The monoisotopic (exact) mass is 311 g/mol. The van der Waals surface area contributed by atoms with Gasteiger partial charge in [-0.3, -0.25) is 0 Å². The minimum Gasteiger partial charge on any atom is -0.211 e. The van der Waals surface area contributed by atoms with Gasteiger partial charge in [-0.25, -0.2) is 9.18 Å². The Kier molecular flexibility index (Phi) is 3.69. The number of benzene rings is 1. The van der Waals surface area contributed by atoms with Crippen LogP contribution in [0.3, 0.4) is 0 Å². The predicted molar refractivity (Wildman–Crippen MR) is 71.8 cm³/mol. The molecule has 1 aliphatic rings. The molecule has 1 fully saturated rings. The van der Waals surface area contributed by atoms with Crippen molar-refractivity contribution in [2.45, 2.75) is 44.6 Å². The number of halogens is 2. The Bertz CT molecular complexity index is 517. The first kappa shape index (κ1) is 13.4. The Balaban J connectivity index is 2.58. The summed E-state index contributed by atoms with van der Waals surface area (Å²) in [6.07, 6.45) is 3.99. The zero-order valence-corrected chi connectivity index (χ0v) is 12.1. The minimum absolute atomic E-state index is 0.304. The van der Waals surface area contributed by atoms with E-state index in [0.29, 0.717) is 28.8 Å². The summed E-state index contributed by atoms with van der Waals surface area (Å²) in [5.41, 5.74) is 0.889. The molecule has 0 saturated heterocycles. The van der Waals surface area contributed by atoms with Crippen molar-refractivity contribution in [2.75, 3.05) is 0 Å². The molecule has 1 saturated carbocycles. The van der Waals surface area contributed by atoms with Gasteiger partial charge in [-0.15, -0.1) is 0 Å². The van der Waals surface area contributed by atoms with Crippen molar-refractivity contribution in [3.63, 3.8) is 0 Å². The molecule has 0 N–H and O–H groups in total. The second-order valence-electron chi connectivity index (χ2n) is 5.11. The first-order chi connectivity index (χ1) is 8.50. The minimum atomic E-state index is -0.681. The molecule has 0 radical (unpaired) electrons. The molecular formula is C14H15BrFNO. The average Bonchev–Trinajstić information content (AvgIpc) is 2.27.